The van der Waals surface area contributed by atoms with Crippen LogP contribution in [-0.2, 0) is 10.2 Å². The summed E-state index contributed by atoms with van der Waals surface area (Å²) < 4.78 is 14.9. The van der Waals surface area contributed by atoms with Crippen molar-refractivity contribution in [2.75, 3.05) is 11.4 Å². The van der Waals surface area contributed by atoms with Gasteiger partial charge in [-0.25, -0.2) is 4.39 Å². The number of anilines is 1. The summed E-state index contributed by atoms with van der Waals surface area (Å²) in [7, 11) is 0. The number of hydrogen-bond acceptors (Lipinski definition) is 1. The van der Waals surface area contributed by atoms with Crippen LogP contribution >= 0.6 is 15.9 Å². The molecule has 1 heterocycles. The highest BCUT2D eigenvalue weighted by Crippen LogP contribution is 2.58. The first-order valence-electron chi connectivity index (χ1n) is 6.35. The zero-order valence-corrected chi connectivity index (χ0v) is 11.5. The third-order valence-electron chi connectivity index (χ3n) is 4.40. The Hall–Kier alpha value is -0.900. The van der Waals surface area contributed by atoms with Crippen LogP contribution in [-0.4, -0.2) is 18.1 Å². The summed E-state index contributed by atoms with van der Waals surface area (Å²) >= 11 is 3.43. The number of halogens is 2. The maximum Gasteiger partial charge on any atom is 0.237 e. The predicted octanol–water partition coefficient (Wildman–Crippen LogP) is 3.33. The molecular formula is C14H13BrFNO. The fourth-order valence-corrected chi connectivity index (χ4v) is 3.31. The van der Waals surface area contributed by atoms with Crippen LogP contribution in [0.15, 0.2) is 22.7 Å². The lowest BCUT2D eigenvalue weighted by Crippen LogP contribution is -2.37. The summed E-state index contributed by atoms with van der Waals surface area (Å²) in [6, 6.07) is 5.94. The second-order valence-corrected chi connectivity index (χ2v) is 6.70. The molecule has 4 heteroatoms. The molecule has 0 saturated heterocycles. The highest BCUT2D eigenvalue weighted by atomic mass is 79.9. The van der Waals surface area contributed by atoms with Crippen molar-refractivity contribution in [3.8, 4) is 0 Å². The maximum absolute atomic E-state index is 14.0. The Morgan fingerprint density at radius 1 is 1.28 bits per heavy atom. The van der Waals surface area contributed by atoms with Gasteiger partial charge in [-0.05, 0) is 43.4 Å². The highest BCUT2D eigenvalue weighted by Gasteiger charge is 2.60. The van der Waals surface area contributed by atoms with Gasteiger partial charge in [-0.15, -0.1) is 0 Å². The van der Waals surface area contributed by atoms with E-state index >= 15 is 0 Å². The number of hydrogen-bond donors (Lipinski definition) is 0. The van der Waals surface area contributed by atoms with Gasteiger partial charge >= 0.3 is 0 Å². The second kappa shape index (κ2) is 3.16. The normalized spacial score (nSPS) is 25.4. The highest BCUT2D eigenvalue weighted by molar-refractivity contribution is 9.10. The Morgan fingerprint density at radius 2 is 2.00 bits per heavy atom. The summed E-state index contributed by atoms with van der Waals surface area (Å²) in [5, 5.41) is 0. The lowest BCUT2D eigenvalue weighted by atomic mass is 9.98. The van der Waals surface area contributed by atoms with Crippen molar-refractivity contribution < 1.29 is 9.18 Å². The molecule has 2 fully saturated rings. The number of nitrogens with zero attached hydrogens (tertiary/aromatic N) is 1. The first-order valence-corrected chi connectivity index (χ1v) is 7.14. The standard InChI is InChI=1S/C14H13BrFNO/c15-9-1-2-10-11(7-9)17(8-13(16)3-4-13)12(18)14(10)5-6-14/h1-2,7H,3-6,8H2. The molecule has 0 aromatic heterocycles. The van der Waals surface area contributed by atoms with E-state index < -0.39 is 5.67 Å². The van der Waals surface area contributed by atoms with E-state index in [2.05, 4.69) is 15.9 Å². The predicted molar refractivity (Wildman–Crippen MR) is 70.5 cm³/mol. The monoisotopic (exact) mass is 309 g/mol. The van der Waals surface area contributed by atoms with E-state index in [4.69, 9.17) is 0 Å². The number of carbonyl (C=O) groups excluding carboxylic acids is 1. The third-order valence-corrected chi connectivity index (χ3v) is 4.90. The summed E-state index contributed by atoms with van der Waals surface area (Å²) in [5.41, 5.74) is 0.576. The number of amides is 1. The molecule has 1 aromatic rings. The van der Waals surface area contributed by atoms with E-state index in [1.807, 2.05) is 18.2 Å². The van der Waals surface area contributed by atoms with Crippen molar-refractivity contribution in [2.45, 2.75) is 36.8 Å². The number of carbonyl (C=O) groups is 1. The fraction of sp³-hybridized carbons (Fsp3) is 0.500. The summed E-state index contributed by atoms with van der Waals surface area (Å²) in [6.45, 7) is 0.233. The molecule has 1 aromatic carbocycles. The van der Waals surface area contributed by atoms with Crippen LogP contribution in [0, 0.1) is 0 Å². The van der Waals surface area contributed by atoms with Gasteiger partial charge in [0.25, 0.3) is 0 Å². The SMILES string of the molecule is O=C1N(CC2(F)CC2)c2cc(Br)ccc2C12CC2. The van der Waals surface area contributed by atoms with Crippen molar-refractivity contribution in [1.82, 2.24) is 0 Å². The average molecular weight is 310 g/mol. The Labute approximate surface area is 113 Å². The van der Waals surface area contributed by atoms with Gasteiger partial charge in [0, 0.05) is 10.2 Å². The molecule has 1 amide bonds. The van der Waals surface area contributed by atoms with Gasteiger partial charge in [-0.1, -0.05) is 22.0 Å². The average Bonchev–Trinajstić information content (AvgIpc) is 3.22. The molecule has 4 rings (SSSR count). The molecule has 0 unspecified atom stereocenters. The lowest BCUT2D eigenvalue weighted by molar-refractivity contribution is -0.120. The van der Waals surface area contributed by atoms with Gasteiger partial charge in [0.15, 0.2) is 0 Å². The molecule has 0 atom stereocenters. The van der Waals surface area contributed by atoms with Crippen molar-refractivity contribution in [2.24, 2.45) is 0 Å². The zero-order valence-electron chi connectivity index (χ0n) is 9.88. The fourth-order valence-electron chi connectivity index (χ4n) is 2.96. The van der Waals surface area contributed by atoms with Gasteiger partial charge in [0.2, 0.25) is 5.91 Å². The van der Waals surface area contributed by atoms with Crippen molar-refractivity contribution in [3.05, 3.63) is 28.2 Å². The smallest absolute Gasteiger partial charge is 0.237 e. The van der Waals surface area contributed by atoms with Crippen LogP contribution in [0.25, 0.3) is 0 Å². The molecule has 1 aliphatic heterocycles. The Bertz CT molecular complexity index is 563. The van der Waals surface area contributed by atoms with Crippen LogP contribution < -0.4 is 4.90 Å². The molecule has 3 aliphatic rings. The quantitative estimate of drug-likeness (QED) is 0.820. The summed E-state index contributed by atoms with van der Waals surface area (Å²) in [4.78, 5) is 14.2. The summed E-state index contributed by atoms with van der Waals surface area (Å²) in [5.74, 6) is 0.111. The molecule has 94 valence electrons. The molecule has 2 saturated carbocycles. The molecule has 2 aliphatic carbocycles. The van der Waals surface area contributed by atoms with E-state index in [-0.39, 0.29) is 17.9 Å². The Kier molecular flexibility index (Phi) is 1.92. The number of benzene rings is 1. The van der Waals surface area contributed by atoms with Crippen molar-refractivity contribution >= 4 is 27.5 Å². The number of rotatable bonds is 2. The van der Waals surface area contributed by atoms with E-state index in [9.17, 15) is 9.18 Å². The van der Waals surface area contributed by atoms with E-state index in [0.717, 1.165) is 28.6 Å². The van der Waals surface area contributed by atoms with Crippen LogP contribution in [0.4, 0.5) is 10.1 Å². The van der Waals surface area contributed by atoms with E-state index in [1.165, 1.54) is 0 Å². The van der Waals surface area contributed by atoms with E-state index in [0.29, 0.717) is 12.8 Å². The van der Waals surface area contributed by atoms with Crippen molar-refractivity contribution in [1.29, 1.82) is 0 Å². The van der Waals surface area contributed by atoms with Crippen LogP contribution in [0.2, 0.25) is 0 Å². The molecule has 0 N–H and O–H groups in total. The van der Waals surface area contributed by atoms with Crippen LogP contribution in [0.3, 0.4) is 0 Å². The van der Waals surface area contributed by atoms with Gasteiger partial charge < -0.3 is 4.90 Å². The minimum Gasteiger partial charge on any atom is -0.308 e. The van der Waals surface area contributed by atoms with Gasteiger partial charge in [-0.3, -0.25) is 4.79 Å². The molecule has 0 bridgehead atoms. The number of fused-ring (bicyclic) bond motifs is 2. The van der Waals surface area contributed by atoms with Gasteiger partial charge in [0.1, 0.15) is 5.67 Å². The maximum atomic E-state index is 14.0. The van der Waals surface area contributed by atoms with Gasteiger partial charge in [0.05, 0.1) is 12.0 Å². The van der Waals surface area contributed by atoms with Crippen LogP contribution in [0.5, 0.6) is 0 Å². The minimum absolute atomic E-state index is 0.111. The Morgan fingerprint density at radius 3 is 2.61 bits per heavy atom. The molecule has 0 radical (unpaired) electrons. The second-order valence-electron chi connectivity index (χ2n) is 5.79. The molecule has 1 spiro atoms. The van der Waals surface area contributed by atoms with Gasteiger partial charge in [-0.2, -0.15) is 0 Å². The Balaban J connectivity index is 1.80. The first-order chi connectivity index (χ1) is 8.54. The molecule has 2 nitrogen and oxygen atoms in total. The van der Waals surface area contributed by atoms with Crippen molar-refractivity contribution in [3.63, 3.8) is 0 Å². The third kappa shape index (κ3) is 1.35. The summed E-state index contributed by atoms with van der Waals surface area (Å²) in [6.07, 6.45) is 3.01. The van der Waals surface area contributed by atoms with E-state index in [1.54, 1.807) is 4.90 Å². The topological polar surface area (TPSA) is 20.3 Å². The molecular weight excluding hydrogens is 297 g/mol. The van der Waals surface area contributed by atoms with Crippen LogP contribution in [0.1, 0.15) is 31.2 Å². The molecule has 18 heavy (non-hydrogen) atoms. The first kappa shape index (κ1) is 11.0. The minimum atomic E-state index is -1.13. The lowest BCUT2D eigenvalue weighted by Gasteiger charge is -2.20. The zero-order chi connectivity index (χ0) is 12.5. The number of alkyl halides is 1. The largest absolute Gasteiger partial charge is 0.308 e.